The molecule has 1 aliphatic rings. The van der Waals surface area contributed by atoms with Crippen molar-refractivity contribution in [1.82, 2.24) is 0 Å². The van der Waals surface area contributed by atoms with Gasteiger partial charge in [0.15, 0.2) is 11.5 Å². The average molecular weight is 192 g/mol. The van der Waals surface area contributed by atoms with Gasteiger partial charge in [-0.25, -0.2) is 0 Å². The fraction of sp³-hybridized carbons (Fsp3) is 0.273. The lowest BCUT2D eigenvalue weighted by molar-refractivity contribution is 0.372. The summed E-state index contributed by atoms with van der Waals surface area (Å²) >= 11 is 0. The highest BCUT2D eigenvalue weighted by molar-refractivity contribution is 5.72. The second-order valence-electron chi connectivity index (χ2n) is 3.45. The molecule has 1 aliphatic carbocycles. The van der Waals surface area contributed by atoms with Crippen molar-refractivity contribution in [2.75, 3.05) is 7.11 Å². The van der Waals surface area contributed by atoms with Gasteiger partial charge in [-0.1, -0.05) is 6.92 Å². The smallest absolute Gasteiger partial charge is 0.160 e. The van der Waals surface area contributed by atoms with Crippen LogP contribution in [-0.4, -0.2) is 17.3 Å². The van der Waals surface area contributed by atoms with Crippen LogP contribution in [-0.2, 0) is 0 Å². The second-order valence-corrected chi connectivity index (χ2v) is 3.45. The zero-order valence-corrected chi connectivity index (χ0v) is 8.11. The minimum Gasteiger partial charge on any atom is -0.508 e. The van der Waals surface area contributed by atoms with Crippen LogP contribution in [0.25, 0.3) is 5.76 Å². The summed E-state index contributed by atoms with van der Waals surface area (Å²) in [7, 11) is 1.51. The highest BCUT2D eigenvalue weighted by Gasteiger charge is 2.22. The summed E-state index contributed by atoms with van der Waals surface area (Å²) in [6.07, 6.45) is 1.75. The van der Waals surface area contributed by atoms with Gasteiger partial charge < -0.3 is 14.9 Å². The number of phenols is 1. The van der Waals surface area contributed by atoms with Gasteiger partial charge in [-0.05, 0) is 23.8 Å². The predicted molar refractivity (Wildman–Crippen MR) is 53.7 cm³/mol. The Kier molecular flexibility index (Phi) is 1.88. The Bertz CT molecular complexity index is 407. The molecule has 74 valence electrons. The molecule has 0 aliphatic heterocycles. The Morgan fingerprint density at radius 1 is 1.29 bits per heavy atom. The summed E-state index contributed by atoms with van der Waals surface area (Å²) in [4.78, 5) is 0. The Morgan fingerprint density at radius 3 is 2.64 bits per heavy atom. The molecule has 0 radical (unpaired) electrons. The number of aliphatic hydroxyl groups excluding tert-OH is 1. The molecular formula is C11H12O3. The number of rotatable bonds is 1. The summed E-state index contributed by atoms with van der Waals surface area (Å²) < 4.78 is 5.00. The van der Waals surface area contributed by atoms with Crippen LogP contribution >= 0.6 is 0 Å². The Morgan fingerprint density at radius 2 is 2.00 bits per heavy atom. The number of hydrogen-bond donors (Lipinski definition) is 2. The molecular weight excluding hydrogens is 180 g/mol. The fourth-order valence-corrected chi connectivity index (χ4v) is 1.76. The van der Waals surface area contributed by atoms with E-state index in [9.17, 15) is 10.2 Å². The van der Waals surface area contributed by atoms with Crippen molar-refractivity contribution in [3.63, 3.8) is 0 Å². The third-order valence-corrected chi connectivity index (χ3v) is 2.53. The topological polar surface area (TPSA) is 49.7 Å². The molecule has 1 aromatic carbocycles. The van der Waals surface area contributed by atoms with Gasteiger partial charge in [-0.15, -0.1) is 0 Å². The first kappa shape index (κ1) is 8.94. The summed E-state index contributed by atoms with van der Waals surface area (Å²) in [6.45, 7) is 1.98. The van der Waals surface area contributed by atoms with E-state index in [0.29, 0.717) is 11.3 Å². The first-order valence-corrected chi connectivity index (χ1v) is 4.45. The number of aliphatic hydroxyl groups is 1. The van der Waals surface area contributed by atoms with Gasteiger partial charge in [0.25, 0.3) is 0 Å². The van der Waals surface area contributed by atoms with Crippen molar-refractivity contribution in [3.8, 4) is 11.5 Å². The van der Waals surface area contributed by atoms with Crippen LogP contribution in [0.5, 0.6) is 11.5 Å². The van der Waals surface area contributed by atoms with Gasteiger partial charge in [0.05, 0.1) is 7.11 Å². The quantitative estimate of drug-likeness (QED) is 0.718. The van der Waals surface area contributed by atoms with E-state index in [1.807, 2.05) is 6.92 Å². The lowest BCUT2D eigenvalue weighted by Crippen LogP contribution is -1.91. The van der Waals surface area contributed by atoms with Gasteiger partial charge in [0.1, 0.15) is 5.76 Å². The zero-order valence-electron chi connectivity index (χ0n) is 8.11. The normalized spacial score (nSPS) is 19.0. The standard InChI is InChI=1S/C11H12O3/c1-6-3-9(12)8-4-10(13)11(14-2)5-7(6)8/h3-6,12-13H,1-2H3/t6-/m0/s1. The monoisotopic (exact) mass is 192 g/mol. The molecule has 0 saturated carbocycles. The van der Waals surface area contributed by atoms with E-state index in [-0.39, 0.29) is 17.4 Å². The highest BCUT2D eigenvalue weighted by Crippen LogP contribution is 2.40. The molecule has 14 heavy (non-hydrogen) atoms. The third-order valence-electron chi connectivity index (χ3n) is 2.53. The molecule has 3 nitrogen and oxygen atoms in total. The Labute approximate surface area is 82.3 Å². The van der Waals surface area contributed by atoms with Gasteiger partial charge in [0.2, 0.25) is 0 Å². The molecule has 0 saturated heterocycles. The number of ether oxygens (including phenoxy) is 1. The van der Waals surface area contributed by atoms with Crippen LogP contribution in [0, 0.1) is 0 Å². The number of aromatic hydroxyl groups is 1. The van der Waals surface area contributed by atoms with Gasteiger partial charge >= 0.3 is 0 Å². The molecule has 0 bridgehead atoms. The lowest BCUT2D eigenvalue weighted by Gasteiger charge is -2.09. The molecule has 0 fully saturated rings. The van der Waals surface area contributed by atoms with Gasteiger partial charge in [-0.3, -0.25) is 0 Å². The van der Waals surface area contributed by atoms with Crippen molar-refractivity contribution in [2.45, 2.75) is 12.8 Å². The highest BCUT2D eigenvalue weighted by atomic mass is 16.5. The molecule has 2 rings (SSSR count). The maximum atomic E-state index is 9.55. The van der Waals surface area contributed by atoms with E-state index in [1.54, 1.807) is 12.1 Å². The first-order valence-electron chi connectivity index (χ1n) is 4.45. The number of hydrogen-bond acceptors (Lipinski definition) is 3. The molecule has 3 heteroatoms. The van der Waals surface area contributed by atoms with E-state index in [2.05, 4.69) is 0 Å². The number of fused-ring (bicyclic) bond motifs is 1. The zero-order chi connectivity index (χ0) is 10.3. The van der Waals surface area contributed by atoms with E-state index < -0.39 is 0 Å². The van der Waals surface area contributed by atoms with Crippen molar-refractivity contribution < 1.29 is 14.9 Å². The fourth-order valence-electron chi connectivity index (χ4n) is 1.76. The van der Waals surface area contributed by atoms with Crippen molar-refractivity contribution in [3.05, 3.63) is 29.3 Å². The lowest BCUT2D eigenvalue weighted by atomic mass is 10.0. The number of benzene rings is 1. The average Bonchev–Trinajstić information content (AvgIpc) is 2.41. The van der Waals surface area contributed by atoms with Crippen LogP contribution < -0.4 is 4.74 Å². The second kappa shape index (κ2) is 2.94. The summed E-state index contributed by atoms with van der Waals surface area (Å²) in [5.74, 6) is 0.893. The summed E-state index contributed by atoms with van der Waals surface area (Å²) in [6, 6.07) is 3.29. The minimum absolute atomic E-state index is 0.0558. The SMILES string of the molecule is COc1cc2c(cc1O)C(O)=C[C@@H]2C. The van der Waals surface area contributed by atoms with Crippen LogP contribution in [0.15, 0.2) is 18.2 Å². The first-order chi connectivity index (χ1) is 6.63. The summed E-state index contributed by atoms with van der Waals surface area (Å²) in [5, 5.41) is 19.1. The van der Waals surface area contributed by atoms with Crippen LogP contribution in [0.4, 0.5) is 0 Å². The maximum absolute atomic E-state index is 9.55. The molecule has 0 aromatic heterocycles. The van der Waals surface area contributed by atoms with Crippen LogP contribution in [0.2, 0.25) is 0 Å². The molecule has 1 atom stereocenters. The molecule has 1 aromatic rings. The number of allylic oxidation sites excluding steroid dienone is 1. The number of phenolic OH excluding ortho intramolecular Hbond substituents is 1. The Balaban J connectivity index is 2.59. The van der Waals surface area contributed by atoms with Crippen LogP contribution in [0.1, 0.15) is 24.0 Å². The summed E-state index contributed by atoms with van der Waals surface area (Å²) in [5.41, 5.74) is 1.67. The van der Waals surface area contributed by atoms with E-state index in [4.69, 9.17) is 4.74 Å². The minimum atomic E-state index is 0.0558. The molecule has 2 N–H and O–H groups in total. The van der Waals surface area contributed by atoms with Gasteiger partial charge in [-0.2, -0.15) is 0 Å². The third kappa shape index (κ3) is 1.13. The van der Waals surface area contributed by atoms with E-state index >= 15 is 0 Å². The molecule has 0 heterocycles. The Hall–Kier alpha value is -1.64. The molecule has 0 spiro atoms. The molecule has 0 unspecified atom stereocenters. The van der Waals surface area contributed by atoms with Crippen molar-refractivity contribution >= 4 is 5.76 Å². The van der Waals surface area contributed by atoms with Crippen molar-refractivity contribution in [2.24, 2.45) is 0 Å². The van der Waals surface area contributed by atoms with Gasteiger partial charge in [0, 0.05) is 11.5 Å². The number of methoxy groups -OCH3 is 1. The van der Waals surface area contributed by atoms with E-state index in [0.717, 1.165) is 5.56 Å². The van der Waals surface area contributed by atoms with Crippen molar-refractivity contribution in [1.29, 1.82) is 0 Å². The van der Waals surface area contributed by atoms with Crippen LogP contribution in [0.3, 0.4) is 0 Å². The molecule has 0 amide bonds. The predicted octanol–water partition coefficient (Wildman–Crippen LogP) is 2.42. The largest absolute Gasteiger partial charge is 0.508 e. The maximum Gasteiger partial charge on any atom is 0.160 e. The van der Waals surface area contributed by atoms with E-state index in [1.165, 1.54) is 13.2 Å².